The van der Waals surface area contributed by atoms with E-state index in [1.165, 1.54) is 49.1 Å². The third-order valence-electron chi connectivity index (χ3n) is 19.1. The van der Waals surface area contributed by atoms with Crippen LogP contribution in [0.15, 0.2) is 186 Å². The molecule has 474 valence electrons. The summed E-state index contributed by atoms with van der Waals surface area (Å²) in [6.07, 6.45) is 13.5. The minimum atomic E-state index is -0.495. The molecule has 3 aromatic heterocycles. The Morgan fingerprint density at radius 2 is 0.846 bits per heavy atom. The highest BCUT2D eigenvalue weighted by molar-refractivity contribution is 6.30. The van der Waals surface area contributed by atoms with Crippen molar-refractivity contribution < 1.29 is 4.39 Å². The molecular formula is C76H85ClFN7O6. The molecule has 6 aromatic carbocycles. The van der Waals surface area contributed by atoms with Gasteiger partial charge in [0.25, 0.3) is 16.7 Å². The monoisotopic (exact) mass is 1250 g/mol. The molecule has 0 saturated heterocycles. The van der Waals surface area contributed by atoms with Crippen LogP contribution in [-0.4, -0.2) is 54.6 Å². The Labute approximate surface area is 536 Å². The first-order chi connectivity index (χ1) is 44.0. The fourth-order valence-electron chi connectivity index (χ4n) is 14.1. The van der Waals surface area contributed by atoms with E-state index in [1.807, 2.05) is 43.3 Å². The number of halogens is 2. The van der Waals surface area contributed by atoms with E-state index in [9.17, 15) is 33.2 Å². The highest BCUT2D eigenvalue weighted by Gasteiger charge is 2.31. The summed E-state index contributed by atoms with van der Waals surface area (Å²) in [5.41, 5.74) is 12.1. The van der Waals surface area contributed by atoms with Crippen LogP contribution in [0.25, 0.3) is 0 Å². The zero-order valence-corrected chi connectivity index (χ0v) is 53.8. The van der Waals surface area contributed by atoms with Gasteiger partial charge in [-0.3, -0.25) is 28.5 Å². The van der Waals surface area contributed by atoms with Gasteiger partial charge in [-0.05, 0) is 186 Å². The maximum Gasteiger partial charge on any atom is 0.328 e. The van der Waals surface area contributed by atoms with Crippen molar-refractivity contribution >= 4 is 11.6 Å². The van der Waals surface area contributed by atoms with Crippen molar-refractivity contribution in [3.63, 3.8) is 0 Å². The minimum absolute atomic E-state index is 0.0215. The third kappa shape index (κ3) is 16.7. The summed E-state index contributed by atoms with van der Waals surface area (Å²) < 4.78 is 16.0. The van der Waals surface area contributed by atoms with Crippen LogP contribution in [0.1, 0.15) is 191 Å². The molecule has 3 fully saturated rings. The Hall–Kier alpha value is -8.46. The fraction of sp³-hybridized carbons (Fsp3) is 0.368. The lowest BCUT2D eigenvalue weighted by molar-refractivity contribution is 0.369. The number of benzene rings is 6. The molecule has 4 N–H and O–H groups in total. The summed E-state index contributed by atoms with van der Waals surface area (Å²) in [6, 6.07) is 52.7. The zero-order chi connectivity index (χ0) is 64.1. The second kappa shape index (κ2) is 30.6. The first-order valence-corrected chi connectivity index (χ1v) is 32.7. The molecule has 3 aliphatic rings. The van der Waals surface area contributed by atoms with E-state index >= 15 is 0 Å². The lowest BCUT2D eigenvalue weighted by atomic mass is 9.76. The van der Waals surface area contributed by atoms with E-state index < -0.39 is 17.1 Å². The molecule has 0 atom stereocenters. The smallest absolute Gasteiger partial charge is 0.311 e. The van der Waals surface area contributed by atoms with Gasteiger partial charge in [0.2, 0.25) is 0 Å². The summed E-state index contributed by atoms with van der Waals surface area (Å²) in [5, 5.41) is 0.0215. The fourth-order valence-corrected chi connectivity index (χ4v) is 14.3. The number of aromatic nitrogens is 6. The van der Waals surface area contributed by atoms with Crippen LogP contribution in [0.4, 0.5) is 4.39 Å². The van der Waals surface area contributed by atoms with Crippen molar-refractivity contribution in [3.8, 4) is 0 Å². The topological polar surface area (TPSA) is 179 Å². The van der Waals surface area contributed by atoms with E-state index in [0.717, 1.165) is 116 Å². The maximum absolute atomic E-state index is 13.6. The number of aromatic amines is 4. The molecule has 0 radical (unpaired) electrons. The average molecular weight is 1250 g/mol. The Balaban J connectivity index is 0.000000150. The predicted octanol–water partition coefficient (Wildman–Crippen LogP) is 13.7. The minimum Gasteiger partial charge on any atom is -0.311 e. The van der Waals surface area contributed by atoms with Crippen LogP contribution in [0.5, 0.6) is 0 Å². The van der Waals surface area contributed by atoms with E-state index in [0.29, 0.717) is 61.4 Å². The van der Waals surface area contributed by atoms with Crippen molar-refractivity contribution in [1.82, 2.24) is 34.0 Å². The van der Waals surface area contributed by atoms with E-state index in [4.69, 9.17) is 11.6 Å². The van der Waals surface area contributed by atoms with Crippen molar-refractivity contribution in [1.29, 1.82) is 0 Å². The molecule has 0 bridgehead atoms. The lowest BCUT2D eigenvalue weighted by Gasteiger charge is -2.30. The van der Waals surface area contributed by atoms with Crippen LogP contribution in [0.3, 0.4) is 0 Å². The van der Waals surface area contributed by atoms with Crippen molar-refractivity contribution in [2.75, 3.05) is 20.6 Å². The molecule has 9 aromatic rings. The van der Waals surface area contributed by atoms with Gasteiger partial charge in [-0.25, -0.2) is 18.8 Å². The maximum atomic E-state index is 13.6. The van der Waals surface area contributed by atoms with E-state index in [1.54, 1.807) is 13.1 Å². The molecule has 0 aliphatic heterocycles. The quantitative estimate of drug-likeness (QED) is 0.0789. The SMILES string of the molecule is Cc1cccc(Cc2c(C3CCC(c4ccccc4)CC3)[nH]c(=O)n(C)c2=O)c1.Cc1cccc(Cc2c(C3CCC(c4ccccc4)CC3)[nH]c(=O)n(CCN(C)C)c2=O)c1.O=c1[nH]c(C2CCC(c3ccccc3)CC2)c(Cc2ccc(F)c(Cl)c2)c(=O)[nH]1. The summed E-state index contributed by atoms with van der Waals surface area (Å²) in [6.45, 7) is 5.16. The summed E-state index contributed by atoms with van der Waals surface area (Å²) in [4.78, 5) is 89.8. The van der Waals surface area contributed by atoms with Crippen LogP contribution in [-0.2, 0) is 32.9 Å². The van der Waals surface area contributed by atoms with Crippen LogP contribution in [0.2, 0.25) is 5.02 Å². The number of hydrogen-bond donors (Lipinski definition) is 4. The van der Waals surface area contributed by atoms with Gasteiger partial charge in [0.05, 0.1) is 5.02 Å². The van der Waals surface area contributed by atoms with Gasteiger partial charge in [0.1, 0.15) is 5.82 Å². The summed E-state index contributed by atoms with van der Waals surface area (Å²) in [7, 11) is 5.45. The van der Waals surface area contributed by atoms with Crippen LogP contribution < -0.4 is 33.7 Å². The van der Waals surface area contributed by atoms with Gasteiger partial charge < -0.3 is 19.9 Å². The molecule has 12 rings (SSSR count). The molecule has 15 heteroatoms. The number of nitrogens with zero attached hydrogens (tertiary/aromatic N) is 3. The highest BCUT2D eigenvalue weighted by Crippen LogP contribution is 2.43. The van der Waals surface area contributed by atoms with Crippen LogP contribution >= 0.6 is 11.6 Å². The van der Waals surface area contributed by atoms with Gasteiger partial charge in [-0.2, -0.15) is 0 Å². The molecular weight excluding hydrogens is 1160 g/mol. The number of hydrogen-bond acceptors (Lipinski definition) is 7. The summed E-state index contributed by atoms with van der Waals surface area (Å²) in [5.74, 6) is 1.69. The Kier molecular flexibility index (Phi) is 22.0. The molecule has 13 nitrogen and oxygen atoms in total. The van der Waals surface area contributed by atoms with Crippen molar-refractivity contribution in [2.45, 2.75) is 152 Å². The molecule has 0 amide bonds. The first kappa shape index (κ1) is 65.5. The molecule has 91 heavy (non-hydrogen) atoms. The summed E-state index contributed by atoms with van der Waals surface area (Å²) >= 11 is 5.89. The van der Waals surface area contributed by atoms with E-state index in [-0.39, 0.29) is 45.3 Å². The largest absolute Gasteiger partial charge is 0.328 e. The molecule has 0 unspecified atom stereocenters. The standard InChI is InChI=1S/C28H35N3O2.C25H28N2O2.C23H22ClFN2O2/c1-20-8-7-9-21(18-20)19-25-26(29-28(33)31(27(25)32)17-16-30(2)3)24-14-12-23(13-15-24)22-10-5-4-6-11-22;1-17-7-6-8-18(15-17)16-22-23(26-25(29)27(2)24(22)28)21-13-11-20(12-14-21)19-9-4-3-5-10-19;24-19-13-14(6-11-20(19)25)12-18-21(26-23(29)27-22(18)28)17-9-7-16(8-10-17)15-4-2-1-3-5-15/h4-11,18,23-24H,12-17,19H2,1-3H3,(H,29,33);3-10,15,20-21H,11-14,16H2,1-2H3,(H,26,29);1-6,11,13,16-17H,7-10,12H2,(H2,26,27,28,29). The molecule has 3 heterocycles. The number of likely N-dealkylation sites (N-methyl/N-ethyl adjacent to an activating group) is 1. The number of nitrogens with one attached hydrogen (secondary N) is 4. The van der Waals surface area contributed by atoms with Gasteiger partial charge >= 0.3 is 17.1 Å². The normalized spacial score (nSPS) is 19.0. The van der Waals surface area contributed by atoms with Crippen molar-refractivity contribution in [3.05, 3.63) is 309 Å². The Morgan fingerprint density at radius 1 is 0.451 bits per heavy atom. The number of H-pyrrole nitrogens is 4. The zero-order valence-electron chi connectivity index (χ0n) is 53.0. The average Bonchev–Trinajstić information content (AvgIpc) is 0.974. The van der Waals surface area contributed by atoms with E-state index in [2.05, 4.69) is 149 Å². The second-order valence-electron chi connectivity index (χ2n) is 25.7. The highest BCUT2D eigenvalue weighted by atomic mass is 35.5. The molecule has 0 spiro atoms. The van der Waals surface area contributed by atoms with Gasteiger partial charge in [-0.15, -0.1) is 0 Å². The predicted molar refractivity (Wildman–Crippen MR) is 363 cm³/mol. The number of aryl methyl sites for hydroxylation is 2. The Morgan fingerprint density at radius 3 is 1.27 bits per heavy atom. The van der Waals surface area contributed by atoms with Gasteiger partial charge in [0, 0.05) is 73.2 Å². The third-order valence-corrected chi connectivity index (χ3v) is 19.4. The van der Waals surface area contributed by atoms with Gasteiger partial charge in [0.15, 0.2) is 0 Å². The van der Waals surface area contributed by atoms with Crippen molar-refractivity contribution in [2.24, 2.45) is 7.05 Å². The van der Waals surface area contributed by atoms with Gasteiger partial charge in [-0.1, -0.05) is 168 Å². The van der Waals surface area contributed by atoms with Crippen LogP contribution in [0, 0.1) is 19.7 Å². The lowest BCUT2D eigenvalue weighted by Crippen LogP contribution is -2.41. The molecule has 3 aliphatic carbocycles. The second-order valence-corrected chi connectivity index (χ2v) is 26.1. The first-order valence-electron chi connectivity index (χ1n) is 32.3. The molecule has 3 saturated carbocycles. The number of rotatable bonds is 15. The Bertz CT molecular complexity index is 4280.